The number of hydrogen-bond acceptors (Lipinski definition) is 5. The summed E-state index contributed by atoms with van der Waals surface area (Å²) in [7, 11) is 0. The highest BCUT2D eigenvalue weighted by Gasteiger charge is 2.12. The van der Waals surface area contributed by atoms with E-state index < -0.39 is 5.91 Å². The van der Waals surface area contributed by atoms with E-state index in [2.05, 4.69) is 5.32 Å². The van der Waals surface area contributed by atoms with Gasteiger partial charge in [0.15, 0.2) is 5.78 Å². The lowest BCUT2D eigenvalue weighted by Gasteiger charge is -2.07. The SMILES string of the molecule is CCOc1cccc(NC(=O)/C(C#N)=C\c2ccc(-c3ccc(C(C)=O)cc3)o2)c1. The van der Waals surface area contributed by atoms with Gasteiger partial charge in [-0.3, -0.25) is 9.59 Å². The van der Waals surface area contributed by atoms with Crippen molar-refractivity contribution in [2.75, 3.05) is 11.9 Å². The number of carbonyl (C=O) groups excluding carboxylic acids is 2. The van der Waals surface area contributed by atoms with Gasteiger partial charge >= 0.3 is 0 Å². The van der Waals surface area contributed by atoms with E-state index in [1.165, 1.54) is 13.0 Å². The van der Waals surface area contributed by atoms with E-state index in [9.17, 15) is 14.9 Å². The first-order chi connectivity index (χ1) is 14.5. The van der Waals surface area contributed by atoms with E-state index in [4.69, 9.17) is 9.15 Å². The summed E-state index contributed by atoms with van der Waals surface area (Å²) >= 11 is 0. The second-order valence-corrected chi connectivity index (χ2v) is 6.42. The molecule has 1 N–H and O–H groups in total. The third kappa shape index (κ3) is 5.03. The molecular formula is C24H20N2O4. The molecule has 1 aromatic heterocycles. The van der Waals surface area contributed by atoms with Crippen LogP contribution in [0.25, 0.3) is 17.4 Å². The largest absolute Gasteiger partial charge is 0.494 e. The fourth-order valence-electron chi connectivity index (χ4n) is 2.77. The van der Waals surface area contributed by atoms with Gasteiger partial charge in [-0.15, -0.1) is 0 Å². The Bertz CT molecular complexity index is 1130. The minimum Gasteiger partial charge on any atom is -0.494 e. The molecular weight excluding hydrogens is 380 g/mol. The van der Waals surface area contributed by atoms with Gasteiger partial charge in [0.25, 0.3) is 5.91 Å². The van der Waals surface area contributed by atoms with E-state index in [0.717, 1.165) is 5.56 Å². The number of furan rings is 1. The average Bonchev–Trinajstić information content (AvgIpc) is 3.21. The molecule has 6 heteroatoms. The molecule has 6 nitrogen and oxygen atoms in total. The first-order valence-corrected chi connectivity index (χ1v) is 9.37. The van der Waals surface area contributed by atoms with Gasteiger partial charge in [-0.1, -0.05) is 30.3 Å². The first kappa shape index (κ1) is 20.6. The van der Waals surface area contributed by atoms with Crippen molar-refractivity contribution in [3.05, 3.63) is 77.6 Å². The molecule has 0 bridgehead atoms. The maximum Gasteiger partial charge on any atom is 0.266 e. The van der Waals surface area contributed by atoms with Gasteiger partial charge in [-0.25, -0.2) is 0 Å². The first-order valence-electron chi connectivity index (χ1n) is 9.37. The molecule has 0 atom stereocenters. The van der Waals surface area contributed by atoms with Crippen LogP contribution in [0.5, 0.6) is 5.75 Å². The molecule has 150 valence electrons. The topological polar surface area (TPSA) is 92.3 Å². The quantitative estimate of drug-likeness (QED) is 0.339. The minimum absolute atomic E-state index is 0.0129. The van der Waals surface area contributed by atoms with Crippen LogP contribution in [-0.2, 0) is 4.79 Å². The summed E-state index contributed by atoms with van der Waals surface area (Å²) in [5, 5.41) is 12.1. The van der Waals surface area contributed by atoms with Crippen LogP contribution in [0.2, 0.25) is 0 Å². The Morgan fingerprint density at radius 3 is 2.57 bits per heavy atom. The Labute approximate surface area is 174 Å². The summed E-state index contributed by atoms with van der Waals surface area (Å²) in [6.45, 7) is 3.89. The monoisotopic (exact) mass is 400 g/mol. The predicted molar refractivity (Wildman–Crippen MR) is 114 cm³/mol. The molecule has 3 rings (SSSR count). The summed E-state index contributed by atoms with van der Waals surface area (Å²) in [5.74, 6) is 1.01. The van der Waals surface area contributed by atoms with Crippen molar-refractivity contribution in [1.82, 2.24) is 0 Å². The molecule has 30 heavy (non-hydrogen) atoms. The van der Waals surface area contributed by atoms with Gasteiger partial charge in [-0.05, 0) is 38.1 Å². The van der Waals surface area contributed by atoms with Gasteiger partial charge in [0.1, 0.15) is 28.9 Å². The molecule has 0 aliphatic heterocycles. The van der Waals surface area contributed by atoms with E-state index in [1.807, 2.05) is 13.0 Å². The summed E-state index contributed by atoms with van der Waals surface area (Å²) in [5.41, 5.74) is 1.83. The maximum absolute atomic E-state index is 12.5. The van der Waals surface area contributed by atoms with Gasteiger partial charge in [0.2, 0.25) is 0 Å². The maximum atomic E-state index is 12.5. The van der Waals surface area contributed by atoms with Crippen LogP contribution in [0.1, 0.15) is 30.0 Å². The van der Waals surface area contributed by atoms with Gasteiger partial charge in [0, 0.05) is 29.0 Å². The normalized spacial score (nSPS) is 10.9. The van der Waals surface area contributed by atoms with Crippen LogP contribution < -0.4 is 10.1 Å². The second-order valence-electron chi connectivity index (χ2n) is 6.42. The Kier molecular flexibility index (Phi) is 6.46. The fraction of sp³-hybridized carbons (Fsp3) is 0.125. The van der Waals surface area contributed by atoms with Gasteiger partial charge in [0.05, 0.1) is 6.61 Å². The fourth-order valence-corrected chi connectivity index (χ4v) is 2.77. The molecule has 2 aromatic carbocycles. The molecule has 0 unspecified atom stereocenters. The number of rotatable bonds is 7. The van der Waals surface area contributed by atoms with E-state index in [-0.39, 0.29) is 11.4 Å². The Balaban J connectivity index is 1.76. The van der Waals surface area contributed by atoms with Crippen molar-refractivity contribution in [3.8, 4) is 23.1 Å². The summed E-state index contributed by atoms with van der Waals surface area (Å²) in [6, 6.07) is 19.3. The number of Topliss-reactive ketones (excluding diaryl/α,β-unsaturated/α-hetero) is 1. The van der Waals surface area contributed by atoms with Crippen molar-refractivity contribution < 1.29 is 18.7 Å². The third-order valence-electron chi connectivity index (χ3n) is 4.26. The highest BCUT2D eigenvalue weighted by Crippen LogP contribution is 2.24. The number of ketones is 1. The second kappa shape index (κ2) is 9.39. The third-order valence-corrected chi connectivity index (χ3v) is 4.26. The minimum atomic E-state index is -0.546. The number of benzene rings is 2. The van der Waals surface area contributed by atoms with Crippen molar-refractivity contribution in [2.45, 2.75) is 13.8 Å². The molecule has 1 amide bonds. The lowest BCUT2D eigenvalue weighted by molar-refractivity contribution is -0.112. The number of anilines is 1. The van der Waals surface area contributed by atoms with Crippen molar-refractivity contribution in [2.24, 2.45) is 0 Å². The average molecular weight is 400 g/mol. The van der Waals surface area contributed by atoms with Gasteiger partial charge < -0.3 is 14.5 Å². The van der Waals surface area contributed by atoms with E-state index >= 15 is 0 Å². The van der Waals surface area contributed by atoms with Crippen LogP contribution in [0, 0.1) is 11.3 Å². The molecule has 0 saturated heterocycles. The van der Waals surface area contributed by atoms with E-state index in [0.29, 0.717) is 35.1 Å². The number of ether oxygens (including phenoxy) is 1. The smallest absolute Gasteiger partial charge is 0.266 e. The van der Waals surface area contributed by atoms with Crippen LogP contribution in [0.4, 0.5) is 5.69 Å². The summed E-state index contributed by atoms with van der Waals surface area (Å²) in [4.78, 5) is 23.9. The summed E-state index contributed by atoms with van der Waals surface area (Å²) in [6.07, 6.45) is 1.38. The molecule has 0 fully saturated rings. The predicted octanol–water partition coefficient (Wildman–Crippen LogP) is 5.09. The van der Waals surface area contributed by atoms with Crippen LogP contribution in [-0.4, -0.2) is 18.3 Å². The highest BCUT2D eigenvalue weighted by atomic mass is 16.5. The molecule has 0 radical (unpaired) electrons. The molecule has 0 spiro atoms. The zero-order chi connectivity index (χ0) is 21.5. The zero-order valence-electron chi connectivity index (χ0n) is 16.6. The highest BCUT2D eigenvalue weighted by molar-refractivity contribution is 6.09. The van der Waals surface area contributed by atoms with Gasteiger partial charge in [-0.2, -0.15) is 5.26 Å². The van der Waals surface area contributed by atoms with Crippen LogP contribution in [0.3, 0.4) is 0 Å². The Morgan fingerprint density at radius 1 is 1.13 bits per heavy atom. The number of nitrogens with one attached hydrogen (secondary N) is 1. The molecule has 0 saturated carbocycles. The Hall–Kier alpha value is -4.11. The number of hydrogen-bond donors (Lipinski definition) is 1. The summed E-state index contributed by atoms with van der Waals surface area (Å²) < 4.78 is 11.2. The molecule has 0 aliphatic carbocycles. The van der Waals surface area contributed by atoms with Crippen molar-refractivity contribution in [1.29, 1.82) is 5.26 Å². The number of carbonyl (C=O) groups is 2. The van der Waals surface area contributed by atoms with E-state index in [1.54, 1.807) is 60.7 Å². The van der Waals surface area contributed by atoms with Crippen LogP contribution >= 0.6 is 0 Å². The van der Waals surface area contributed by atoms with Crippen molar-refractivity contribution >= 4 is 23.5 Å². The number of nitriles is 1. The lowest BCUT2D eigenvalue weighted by Crippen LogP contribution is -2.13. The molecule has 3 aromatic rings. The molecule has 0 aliphatic rings. The number of amides is 1. The van der Waals surface area contributed by atoms with Crippen molar-refractivity contribution in [3.63, 3.8) is 0 Å². The zero-order valence-corrected chi connectivity index (χ0v) is 16.6. The Morgan fingerprint density at radius 2 is 1.90 bits per heavy atom. The standard InChI is InChI=1S/C24H20N2O4/c1-3-29-21-6-4-5-20(14-21)26-24(28)19(15-25)13-22-11-12-23(30-22)18-9-7-17(8-10-18)16(2)27/h4-14H,3H2,1-2H3,(H,26,28)/b19-13-. The lowest BCUT2D eigenvalue weighted by atomic mass is 10.1. The van der Waals surface area contributed by atoms with Crippen LogP contribution in [0.15, 0.2) is 70.7 Å². The molecule has 1 heterocycles. The number of nitrogens with zero attached hydrogens (tertiary/aromatic N) is 1.